The van der Waals surface area contributed by atoms with E-state index in [2.05, 4.69) is 36.1 Å². The van der Waals surface area contributed by atoms with Crippen LogP contribution in [0.4, 0.5) is 0 Å². The number of hydrogen-bond donors (Lipinski definition) is 0. The van der Waals surface area contributed by atoms with E-state index in [-0.39, 0.29) is 0 Å². The zero-order valence-electron chi connectivity index (χ0n) is 7.99. The lowest BCUT2D eigenvalue weighted by molar-refractivity contribution is 0.137. The predicted molar refractivity (Wildman–Crippen MR) is 52.4 cm³/mol. The average molecular weight is 177 g/mol. The summed E-state index contributed by atoms with van der Waals surface area (Å²) in [7, 11) is 0. The molecule has 1 saturated heterocycles. The number of rotatable bonds is 2. The van der Waals surface area contributed by atoms with Crippen molar-refractivity contribution in [1.29, 1.82) is 0 Å². The average Bonchev–Trinajstić information content (AvgIpc) is 2.61. The largest absolute Gasteiger partial charge is 0.365 e. The molecule has 1 fully saturated rings. The zero-order valence-corrected chi connectivity index (χ0v) is 7.99. The van der Waals surface area contributed by atoms with Gasteiger partial charge in [0, 0.05) is 13.1 Å². The van der Waals surface area contributed by atoms with Gasteiger partial charge in [0.05, 0.1) is 13.3 Å². The maximum absolute atomic E-state index is 5.30. The molecule has 0 atom stereocenters. The summed E-state index contributed by atoms with van der Waals surface area (Å²) in [4.78, 5) is 2.32. The van der Waals surface area contributed by atoms with Crippen molar-refractivity contribution in [3.8, 4) is 0 Å². The number of benzene rings is 1. The molecule has 2 nitrogen and oxygen atoms in total. The van der Waals surface area contributed by atoms with Gasteiger partial charge in [0.25, 0.3) is 0 Å². The molecule has 0 unspecified atom stereocenters. The van der Waals surface area contributed by atoms with E-state index >= 15 is 0 Å². The number of ether oxygens (including phenoxy) is 1. The van der Waals surface area contributed by atoms with Gasteiger partial charge in [-0.1, -0.05) is 24.3 Å². The van der Waals surface area contributed by atoms with Crippen LogP contribution < -0.4 is 0 Å². The Morgan fingerprint density at radius 1 is 1.38 bits per heavy atom. The lowest BCUT2D eigenvalue weighted by atomic mass is 10.1. The van der Waals surface area contributed by atoms with Crippen molar-refractivity contribution in [3.05, 3.63) is 35.4 Å². The first-order valence-electron chi connectivity index (χ1n) is 4.71. The lowest BCUT2D eigenvalue weighted by Gasteiger charge is -2.14. The zero-order chi connectivity index (χ0) is 9.10. The first kappa shape index (κ1) is 8.73. The quantitative estimate of drug-likeness (QED) is 0.682. The van der Waals surface area contributed by atoms with Crippen LogP contribution in [0.2, 0.25) is 0 Å². The fourth-order valence-corrected chi connectivity index (χ4v) is 1.60. The maximum atomic E-state index is 5.30. The van der Waals surface area contributed by atoms with Crippen LogP contribution in [0.15, 0.2) is 24.3 Å². The van der Waals surface area contributed by atoms with Crippen LogP contribution in [-0.2, 0) is 11.3 Å². The van der Waals surface area contributed by atoms with Crippen LogP contribution in [0.1, 0.15) is 11.1 Å². The second-order valence-electron chi connectivity index (χ2n) is 3.52. The third-order valence-corrected chi connectivity index (χ3v) is 2.48. The molecule has 0 spiro atoms. The second kappa shape index (κ2) is 3.90. The molecular formula is C11H15NO. The number of aryl methyl sites for hydroxylation is 1. The highest BCUT2D eigenvalue weighted by Crippen LogP contribution is 2.11. The first-order valence-corrected chi connectivity index (χ1v) is 4.71. The minimum Gasteiger partial charge on any atom is -0.365 e. The molecule has 1 aromatic carbocycles. The third kappa shape index (κ3) is 2.08. The minimum absolute atomic E-state index is 0.786. The van der Waals surface area contributed by atoms with E-state index in [9.17, 15) is 0 Å². The summed E-state index contributed by atoms with van der Waals surface area (Å²) in [6, 6.07) is 8.53. The standard InChI is InChI=1S/C11H15NO/c1-10-4-2-3-5-11(10)8-12-6-7-13-9-12/h2-5H,6-9H2,1H3. The third-order valence-electron chi connectivity index (χ3n) is 2.48. The Bertz CT molecular complexity index is 279. The van der Waals surface area contributed by atoms with E-state index in [0.29, 0.717) is 0 Å². The topological polar surface area (TPSA) is 12.5 Å². The van der Waals surface area contributed by atoms with Gasteiger partial charge >= 0.3 is 0 Å². The van der Waals surface area contributed by atoms with Crippen LogP contribution in [-0.4, -0.2) is 24.8 Å². The number of nitrogens with zero attached hydrogens (tertiary/aromatic N) is 1. The van der Waals surface area contributed by atoms with Crippen LogP contribution in [0, 0.1) is 6.92 Å². The summed E-state index contributed by atoms with van der Waals surface area (Å²) in [5.74, 6) is 0. The van der Waals surface area contributed by atoms with Gasteiger partial charge in [-0.2, -0.15) is 0 Å². The second-order valence-corrected chi connectivity index (χ2v) is 3.52. The summed E-state index contributed by atoms with van der Waals surface area (Å²) >= 11 is 0. The highest BCUT2D eigenvalue weighted by atomic mass is 16.5. The Kier molecular flexibility index (Phi) is 2.62. The molecule has 1 heterocycles. The molecule has 1 aromatic rings. The smallest absolute Gasteiger partial charge is 0.0994 e. The van der Waals surface area contributed by atoms with Crippen LogP contribution in [0.25, 0.3) is 0 Å². The van der Waals surface area contributed by atoms with Crippen molar-refractivity contribution >= 4 is 0 Å². The Morgan fingerprint density at radius 2 is 2.23 bits per heavy atom. The Balaban J connectivity index is 2.04. The Hall–Kier alpha value is -0.860. The van der Waals surface area contributed by atoms with Crippen molar-refractivity contribution in [2.45, 2.75) is 13.5 Å². The fourth-order valence-electron chi connectivity index (χ4n) is 1.60. The molecule has 0 aliphatic carbocycles. The first-order chi connectivity index (χ1) is 6.36. The Morgan fingerprint density at radius 3 is 2.92 bits per heavy atom. The van der Waals surface area contributed by atoms with Crippen molar-refractivity contribution in [3.63, 3.8) is 0 Å². The van der Waals surface area contributed by atoms with Gasteiger partial charge in [0.1, 0.15) is 0 Å². The summed E-state index contributed by atoms with van der Waals surface area (Å²) in [6.45, 7) is 5.91. The molecule has 0 amide bonds. The van der Waals surface area contributed by atoms with Crippen molar-refractivity contribution in [2.75, 3.05) is 19.9 Å². The summed E-state index contributed by atoms with van der Waals surface area (Å²) in [6.07, 6.45) is 0. The van der Waals surface area contributed by atoms with Gasteiger partial charge < -0.3 is 4.74 Å². The summed E-state index contributed by atoms with van der Waals surface area (Å²) in [5.41, 5.74) is 2.78. The van der Waals surface area contributed by atoms with Crippen molar-refractivity contribution in [2.24, 2.45) is 0 Å². The summed E-state index contributed by atoms with van der Waals surface area (Å²) < 4.78 is 5.30. The highest BCUT2D eigenvalue weighted by molar-refractivity contribution is 5.25. The lowest BCUT2D eigenvalue weighted by Crippen LogP contribution is -2.19. The van der Waals surface area contributed by atoms with E-state index in [1.807, 2.05) is 0 Å². The molecule has 70 valence electrons. The summed E-state index contributed by atoms with van der Waals surface area (Å²) in [5, 5.41) is 0. The van der Waals surface area contributed by atoms with Gasteiger partial charge in [-0.25, -0.2) is 0 Å². The van der Waals surface area contributed by atoms with E-state index in [1.165, 1.54) is 11.1 Å². The SMILES string of the molecule is Cc1ccccc1CN1CCOC1. The van der Waals surface area contributed by atoms with Crippen LogP contribution in [0.3, 0.4) is 0 Å². The minimum atomic E-state index is 0.786. The molecule has 0 radical (unpaired) electrons. The number of hydrogen-bond acceptors (Lipinski definition) is 2. The molecule has 0 N–H and O–H groups in total. The molecule has 1 aliphatic rings. The normalized spacial score (nSPS) is 17.9. The molecular weight excluding hydrogens is 162 g/mol. The van der Waals surface area contributed by atoms with Gasteiger partial charge in [-0.15, -0.1) is 0 Å². The van der Waals surface area contributed by atoms with E-state index in [1.54, 1.807) is 0 Å². The predicted octanol–water partition coefficient (Wildman–Crippen LogP) is 1.78. The highest BCUT2D eigenvalue weighted by Gasteiger charge is 2.12. The van der Waals surface area contributed by atoms with Gasteiger partial charge in [-0.3, -0.25) is 4.90 Å². The molecule has 0 saturated carbocycles. The van der Waals surface area contributed by atoms with Gasteiger partial charge in [-0.05, 0) is 18.1 Å². The van der Waals surface area contributed by atoms with Crippen LogP contribution in [0.5, 0.6) is 0 Å². The van der Waals surface area contributed by atoms with Gasteiger partial charge in [0.2, 0.25) is 0 Å². The molecule has 2 heteroatoms. The van der Waals surface area contributed by atoms with E-state index in [0.717, 1.165) is 26.4 Å². The van der Waals surface area contributed by atoms with Crippen LogP contribution >= 0.6 is 0 Å². The van der Waals surface area contributed by atoms with Crippen molar-refractivity contribution < 1.29 is 4.74 Å². The van der Waals surface area contributed by atoms with E-state index < -0.39 is 0 Å². The molecule has 2 rings (SSSR count). The maximum Gasteiger partial charge on any atom is 0.0994 e. The molecule has 13 heavy (non-hydrogen) atoms. The monoisotopic (exact) mass is 177 g/mol. The molecule has 0 aromatic heterocycles. The molecule has 1 aliphatic heterocycles. The van der Waals surface area contributed by atoms with Crippen molar-refractivity contribution in [1.82, 2.24) is 4.90 Å². The molecule has 0 bridgehead atoms. The Labute approximate surface area is 79.1 Å². The van der Waals surface area contributed by atoms with E-state index in [4.69, 9.17) is 4.74 Å². The fraction of sp³-hybridized carbons (Fsp3) is 0.455. The van der Waals surface area contributed by atoms with Gasteiger partial charge in [0.15, 0.2) is 0 Å².